The van der Waals surface area contributed by atoms with Gasteiger partial charge in [0.05, 0.1) is 4.90 Å². The number of hydrogen-bond donors (Lipinski definition) is 0. The first kappa shape index (κ1) is 13.9. The highest BCUT2D eigenvalue weighted by Crippen LogP contribution is 2.28. The van der Waals surface area contributed by atoms with E-state index in [4.69, 9.17) is 10.7 Å². The van der Waals surface area contributed by atoms with E-state index in [9.17, 15) is 8.42 Å². The van der Waals surface area contributed by atoms with Gasteiger partial charge in [0.15, 0.2) is 0 Å². The van der Waals surface area contributed by atoms with Gasteiger partial charge in [-0.05, 0) is 17.7 Å². The summed E-state index contributed by atoms with van der Waals surface area (Å²) in [4.78, 5) is 0.168. The molecule has 1 rings (SSSR count). The van der Waals surface area contributed by atoms with E-state index in [2.05, 4.69) is 20.8 Å². The van der Waals surface area contributed by atoms with Gasteiger partial charge in [-0.25, -0.2) is 8.42 Å². The zero-order valence-corrected chi connectivity index (χ0v) is 11.9. The first-order valence-corrected chi connectivity index (χ1v) is 8.15. The van der Waals surface area contributed by atoms with Crippen LogP contribution in [0.15, 0.2) is 29.2 Å². The lowest BCUT2D eigenvalue weighted by Crippen LogP contribution is -2.07. The molecule has 1 aromatic rings. The summed E-state index contributed by atoms with van der Waals surface area (Å²) >= 11 is 1.77. The van der Waals surface area contributed by atoms with E-state index in [1.807, 2.05) is 6.07 Å². The molecule has 0 radical (unpaired) electrons. The van der Waals surface area contributed by atoms with Crippen LogP contribution in [-0.2, 0) is 14.8 Å². The van der Waals surface area contributed by atoms with Gasteiger partial charge in [0.25, 0.3) is 9.05 Å². The molecule has 0 aliphatic heterocycles. The van der Waals surface area contributed by atoms with Gasteiger partial charge in [0.2, 0.25) is 0 Å². The van der Waals surface area contributed by atoms with Gasteiger partial charge in [-0.3, -0.25) is 0 Å². The van der Waals surface area contributed by atoms with Crippen LogP contribution in [0.5, 0.6) is 0 Å². The van der Waals surface area contributed by atoms with Crippen LogP contribution in [0.1, 0.15) is 26.3 Å². The van der Waals surface area contributed by atoms with Crippen molar-refractivity contribution in [2.75, 3.05) is 0 Å². The molecule has 0 heterocycles. The fourth-order valence-electron chi connectivity index (χ4n) is 1.09. The van der Waals surface area contributed by atoms with Crippen molar-refractivity contribution in [1.82, 2.24) is 0 Å². The van der Waals surface area contributed by atoms with E-state index in [0.29, 0.717) is 0 Å². The van der Waals surface area contributed by atoms with E-state index in [1.165, 1.54) is 6.07 Å². The van der Waals surface area contributed by atoms with E-state index >= 15 is 0 Å². The average molecular weight is 279 g/mol. The Balaban J connectivity index is 2.84. The second-order valence-corrected chi connectivity index (χ2v) is 8.85. The molecule has 0 aliphatic rings. The van der Waals surface area contributed by atoms with E-state index in [0.717, 1.165) is 11.3 Å². The molecule has 0 spiro atoms. The molecule has 0 amide bonds. The van der Waals surface area contributed by atoms with Crippen molar-refractivity contribution in [2.45, 2.75) is 36.2 Å². The number of hydrogen-bond acceptors (Lipinski definition) is 3. The Morgan fingerprint density at radius 3 is 2.44 bits per heavy atom. The van der Waals surface area contributed by atoms with Gasteiger partial charge in [-0.15, -0.1) is 0 Å². The average Bonchev–Trinajstić information content (AvgIpc) is 2.13. The van der Waals surface area contributed by atoms with Crippen LogP contribution in [0.25, 0.3) is 0 Å². The number of rotatable bonds is 3. The SMILES string of the molecule is CC(C)(C)SCc1cccc(S(=O)(=O)Cl)c1. The van der Waals surface area contributed by atoms with Gasteiger partial charge in [-0.2, -0.15) is 11.8 Å². The summed E-state index contributed by atoms with van der Waals surface area (Å²) in [5.41, 5.74) is 0.974. The van der Waals surface area contributed by atoms with Crippen molar-refractivity contribution >= 4 is 31.5 Å². The maximum absolute atomic E-state index is 11.1. The van der Waals surface area contributed by atoms with Crippen molar-refractivity contribution in [3.8, 4) is 0 Å². The highest BCUT2D eigenvalue weighted by molar-refractivity contribution is 8.13. The maximum Gasteiger partial charge on any atom is 0.261 e. The summed E-state index contributed by atoms with van der Waals surface area (Å²) in [5.74, 6) is 0.781. The summed E-state index contributed by atoms with van der Waals surface area (Å²) in [6, 6.07) is 6.76. The highest BCUT2D eigenvalue weighted by Gasteiger charge is 2.13. The van der Waals surface area contributed by atoms with Gasteiger partial charge in [0, 0.05) is 21.2 Å². The molecule has 1 aromatic carbocycles. The van der Waals surface area contributed by atoms with Crippen LogP contribution in [0.3, 0.4) is 0 Å². The normalized spacial score (nSPS) is 12.8. The van der Waals surface area contributed by atoms with Crippen LogP contribution in [0, 0.1) is 0 Å². The Labute approximate surface area is 106 Å². The Kier molecular flexibility index (Phi) is 4.32. The first-order chi connectivity index (χ1) is 7.18. The smallest absolute Gasteiger partial charge is 0.207 e. The molecular weight excluding hydrogens is 264 g/mol. The molecule has 0 aliphatic carbocycles. The van der Waals surface area contributed by atoms with Crippen LogP contribution >= 0.6 is 22.4 Å². The molecule has 0 fully saturated rings. The third-order valence-electron chi connectivity index (χ3n) is 1.85. The van der Waals surface area contributed by atoms with Crippen LogP contribution in [0.4, 0.5) is 0 Å². The van der Waals surface area contributed by atoms with Gasteiger partial charge in [0.1, 0.15) is 0 Å². The minimum Gasteiger partial charge on any atom is -0.207 e. The van der Waals surface area contributed by atoms with Crippen molar-refractivity contribution in [3.63, 3.8) is 0 Å². The van der Waals surface area contributed by atoms with Crippen molar-refractivity contribution in [3.05, 3.63) is 29.8 Å². The third-order valence-corrected chi connectivity index (χ3v) is 4.55. The Hall–Kier alpha value is -0.190. The summed E-state index contributed by atoms with van der Waals surface area (Å²) in [6.07, 6.45) is 0. The molecule has 90 valence electrons. The lowest BCUT2D eigenvalue weighted by Gasteiger charge is -2.17. The monoisotopic (exact) mass is 278 g/mol. The minimum absolute atomic E-state index is 0.163. The number of thioether (sulfide) groups is 1. The standard InChI is InChI=1S/C11H15ClO2S2/c1-11(2,3)15-8-9-5-4-6-10(7-9)16(12,13)14/h4-7H,8H2,1-3H3. The van der Waals surface area contributed by atoms with Crippen LogP contribution in [-0.4, -0.2) is 13.2 Å². The van der Waals surface area contributed by atoms with Crippen molar-refractivity contribution < 1.29 is 8.42 Å². The second-order valence-electron chi connectivity index (χ2n) is 4.49. The van der Waals surface area contributed by atoms with Crippen molar-refractivity contribution in [1.29, 1.82) is 0 Å². The molecule has 0 bridgehead atoms. The predicted octanol–water partition coefficient (Wildman–Crippen LogP) is 3.65. The molecule has 0 unspecified atom stereocenters. The van der Waals surface area contributed by atoms with E-state index < -0.39 is 9.05 Å². The molecule has 0 saturated heterocycles. The number of halogens is 1. The zero-order chi connectivity index (χ0) is 12.4. The lowest BCUT2D eigenvalue weighted by atomic mass is 10.2. The molecule has 0 atom stereocenters. The second kappa shape index (κ2) is 4.98. The number of benzene rings is 1. The Morgan fingerprint density at radius 2 is 1.94 bits per heavy atom. The summed E-state index contributed by atoms with van der Waals surface area (Å²) in [6.45, 7) is 6.37. The highest BCUT2D eigenvalue weighted by atomic mass is 35.7. The summed E-state index contributed by atoms with van der Waals surface area (Å²) in [5, 5.41) is 0. The molecule has 2 nitrogen and oxygen atoms in total. The third kappa shape index (κ3) is 4.76. The molecule has 16 heavy (non-hydrogen) atoms. The first-order valence-electron chi connectivity index (χ1n) is 4.86. The molecule has 5 heteroatoms. The van der Waals surface area contributed by atoms with Crippen LogP contribution < -0.4 is 0 Å². The zero-order valence-electron chi connectivity index (χ0n) is 9.53. The Bertz CT molecular complexity index is 461. The molecule has 0 N–H and O–H groups in total. The largest absolute Gasteiger partial charge is 0.261 e. The van der Waals surface area contributed by atoms with Gasteiger partial charge in [-0.1, -0.05) is 32.9 Å². The summed E-state index contributed by atoms with van der Waals surface area (Å²) in [7, 11) is 1.67. The minimum atomic E-state index is -3.62. The van der Waals surface area contributed by atoms with Crippen LogP contribution in [0.2, 0.25) is 0 Å². The van der Waals surface area contributed by atoms with Gasteiger partial charge >= 0.3 is 0 Å². The van der Waals surface area contributed by atoms with Gasteiger partial charge < -0.3 is 0 Å². The molecule has 0 saturated carbocycles. The summed E-state index contributed by atoms with van der Waals surface area (Å²) < 4.78 is 22.5. The fraction of sp³-hybridized carbons (Fsp3) is 0.455. The predicted molar refractivity (Wildman–Crippen MR) is 70.5 cm³/mol. The molecule has 0 aromatic heterocycles. The fourth-order valence-corrected chi connectivity index (χ4v) is 2.69. The maximum atomic E-state index is 11.1. The molecular formula is C11H15ClO2S2. The lowest BCUT2D eigenvalue weighted by molar-refractivity contribution is 0.609. The van der Waals surface area contributed by atoms with Crippen molar-refractivity contribution in [2.24, 2.45) is 0 Å². The quantitative estimate of drug-likeness (QED) is 0.792. The topological polar surface area (TPSA) is 34.1 Å². The van der Waals surface area contributed by atoms with E-state index in [-0.39, 0.29) is 9.64 Å². The Morgan fingerprint density at radius 1 is 1.31 bits per heavy atom. The van der Waals surface area contributed by atoms with E-state index in [1.54, 1.807) is 23.9 Å².